The van der Waals surface area contributed by atoms with E-state index in [9.17, 15) is 14.4 Å². The van der Waals surface area contributed by atoms with Crippen LogP contribution >= 0.6 is 0 Å². The van der Waals surface area contributed by atoms with Crippen molar-refractivity contribution in [1.29, 1.82) is 0 Å². The van der Waals surface area contributed by atoms with Crippen LogP contribution in [0.25, 0.3) is 0 Å². The number of ether oxygens (including phenoxy) is 1. The summed E-state index contributed by atoms with van der Waals surface area (Å²) >= 11 is 0. The van der Waals surface area contributed by atoms with Crippen LogP contribution in [0.4, 0.5) is 22.7 Å². The number of morpholine rings is 1. The van der Waals surface area contributed by atoms with Gasteiger partial charge in [0.25, 0.3) is 5.91 Å². The van der Waals surface area contributed by atoms with Gasteiger partial charge in [-0.2, -0.15) is 5.10 Å². The van der Waals surface area contributed by atoms with Gasteiger partial charge in [-0.1, -0.05) is 12.1 Å². The van der Waals surface area contributed by atoms with E-state index in [1.165, 1.54) is 0 Å². The monoisotopic (exact) mass is 576 g/mol. The number of hydrogen-bond donors (Lipinski definition) is 2. The molecule has 0 saturated carbocycles. The second-order valence-electron chi connectivity index (χ2n) is 10.5. The number of aromatic nitrogens is 2. The van der Waals surface area contributed by atoms with E-state index >= 15 is 0 Å². The number of anilines is 3. The van der Waals surface area contributed by atoms with Crippen molar-refractivity contribution in [2.24, 2.45) is 4.99 Å². The number of ketones is 1. The first-order chi connectivity index (χ1) is 20.9. The van der Waals surface area contributed by atoms with Crippen LogP contribution in [0.15, 0.2) is 77.8 Å². The Morgan fingerprint density at radius 2 is 1.81 bits per heavy atom. The number of fused-ring (bicyclic) bond motifs is 1. The first-order valence-electron chi connectivity index (χ1n) is 14.3. The molecule has 3 aromatic carbocycles. The summed E-state index contributed by atoms with van der Waals surface area (Å²) in [6, 6.07) is 21.6. The highest BCUT2D eigenvalue weighted by molar-refractivity contribution is 6.15. The minimum Gasteiger partial charge on any atom is -0.378 e. The first-order valence-corrected chi connectivity index (χ1v) is 14.3. The van der Waals surface area contributed by atoms with Crippen molar-refractivity contribution in [3.8, 4) is 0 Å². The molecule has 2 amide bonds. The van der Waals surface area contributed by atoms with E-state index in [-0.39, 0.29) is 17.6 Å². The Bertz CT molecular complexity index is 1720. The number of nitrogens with one attached hydrogen (secondary N) is 2. The highest BCUT2D eigenvalue weighted by Crippen LogP contribution is 2.33. The van der Waals surface area contributed by atoms with Gasteiger partial charge in [0.05, 0.1) is 24.6 Å². The van der Waals surface area contributed by atoms with Gasteiger partial charge < -0.3 is 20.3 Å². The molecule has 10 nitrogen and oxygen atoms in total. The molecule has 0 spiro atoms. The molecule has 1 fully saturated rings. The van der Waals surface area contributed by atoms with Crippen molar-refractivity contribution in [3.63, 3.8) is 0 Å². The Kier molecular flexibility index (Phi) is 7.84. The summed E-state index contributed by atoms with van der Waals surface area (Å²) in [7, 11) is 0. The number of carbonyl (C=O) groups is 3. The molecule has 0 bridgehead atoms. The summed E-state index contributed by atoms with van der Waals surface area (Å²) < 4.78 is 7.07. The van der Waals surface area contributed by atoms with Crippen molar-refractivity contribution in [1.82, 2.24) is 9.78 Å². The van der Waals surface area contributed by atoms with Gasteiger partial charge in [-0.15, -0.1) is 0 Å². The number of amides is 2. The van der Waals surface area contributed by atoms with Crippen molar-refractivity contribution in [2.75, 3.05) is 41.8 Å². The van der Waals surface area contributed by atoms with E-state index in [1.54, 1.807) is 59.4 Å². The number of nitrogens with zero attached hydrogens (tertiary/aromatic N) is 4. The van der Waals surface area contributed by atoms with Crippen LogP contribution in [0, 0.1) is 6.92 Å². The van der Waals surface area contributed by atoms with Crippen molar-refractivity contribution < 1.29 is 19.1 Å². The standard InChI is InChI=1S/C33H32N6O4/c1-3-39-30(17-21(2)37-39)33(42)35-25-6-4-5-22(18-25)31(40)23-7-12-29-27(19-23)28(32(41)36-29)20-34-24-8-10-26(11-9-24)38-13-15-43-16-14-38/h4-12,17-20,28H,3,13-16H2,1-2H3,(H,35,42)(H,36,41). The smallest absolute Gasteiger partial charge is 0.273 e. The molecule has 4 aromatic rings. The Labute approximate surface area is 249 Å². The zero-order valence-electron chi connectivity index (χ0n) is 24.0. The van der Waals surface area contributed by atoms with Crippen LogP contribution in [0.2, 0.25) is 0 Å². The number of aliphatic imine (C=N–C) groups is 1. The first kappa shape index (κ1) is 28.0. The molecule has 43 heavy (non-hydrogen) atoms. The zero-order chi connectivity index (χ0) is 29.9. The van der Waals surface area contributed by atoms with Gasteiger partial charge in [-0.05, 0) is 80.1 Å². The topological polar surface area (TPSA) is 118 Å². The maximum Gasteiger partial charge on any atom is 0.273 e. The van der Waals surface area contributed by atoms with Gasteiger partial charge >= 0.3 is 0 Å². The molecule has 1 aromatic heterocycles. The van der Waals surface area contributed by atoms with Crippen LogP contribution in [0.1, 0.15) is 50.5 Å². The summed E-state index contributed by atoms with van der Waals surface area (Å²) in [5.74, 6) is -1.34. The minimum atomic E-state index is -0.626. The molecule has 3 heterocycles. The Morgan fingerprint density at radius 3 is 2.58 bits per heavy atom. The summed E-state index contributed by atoms with van der Waals surface area (Å²) in [6.45, 7) is 7.46. The molecule has 2 aliphatic heterocycles. The fourth-order valence-corrected chi connectivity index (χ4v) is 5.38. The normalized spacial score (nSPS) is 16.3. The lowest BCUT2D eigenvalue weighted by Gasteiger charge is -2.28. The average molecular weight is 577 g/mol. The average Bonchev–Trinajstić information content (AvgIpc) is 3.58. The molecule has 2 N–H and O–H groups in total. The molecule has 1 atom stereocenters. The molecular formula is C33H32N6O4. The molecule has 2 aliphatic rings. The second-order valence-corrected chi connectivity index (χ2v) is 10.5. The van der Waals surface area contributed by atoms with Crippen LogP contribution in [0.5, 0.6) is 0 Å². The van der Waals surface area contributed by atoms with Crippen molar-refractivity contribution in [2.45, 2.75) is 26.3 Å². The molecular weight excluding hydrogens is 544 g/mol. The molecule has 1 saturated heterocycles. The van der Waals surface area contributed by atoms with E-state index in [1.807, 2.05) is 38.1 Å². The molecule has 6 rings (SSSR count). The number of benzene rings is 3. The molecule has 218 valence electrons. The van der Waals surface area contributed by atoms with Gasteiger partial charge in [0.2, 0.25) is 5.91 Å². The van der Waals surface area contributed by atoms with Gasteiger partial charge in [0, 0.05) is 54.0 Å². The van der Waals surface area contributed by atoms with Crippen LogP contribution in [-0.2, 0) is 16.1 Å². The third-order valence-electron chi connectivity index (χ3n) is 7.60. The van der Waals surface area contributed by atoms with Gasteiger partial charge in [0.1, 0.15) is 11.6 Å². The summed E-state index contributed by atoms with van der Waals surface area (Å²) in [4.78, 5) is 46.1. The van der Waals surface area contributed by atoms with Crippen LogP contribution in [-0.4, -0.2) is 59.9 Å². The summed E-state index contributed by atoms with van der Waals surface area (Å²) in [5, 5.41) is 10.1. The third-order valence-corrected chi connectivity index (χ3v) is 7.60. The molecule has 1 unspecified atom stereocenters. The van der Waals surface area contributed by atoms with E-state index in [0.29, 0.717) is 53.5 Å². The number of aryl methyl sites for hydroxylation is 2. The van der Waals surface area contributed by atoms with Gasteiger partial charge in [-0.25, -0.2) is 0 Å². The SMILES string of the molecule is CCn1nc(C)cc1C(=O)Nc1cccc(C(=O)c2ccc3c(c2)C(C=Nc2ccc(N4CCOCC4)cc2)C(=O)N3)c1. The largest absolute Gasteiger partial charge is 0.378 e. The number of hydrogen-bond acceptors (Lipinski definition) is 7. The van der Waals surface area contributed by atoms with Gasteiger partial charge in [0.15, 0.2) is 5.78 Å². The zero-order valence-corrected chi connectivity index (χ0v) is 24.0. The second kappa shape index (κ2) is 12.0. The highest BCUT2D eigenvalue weighted by atomic mass is 16.5. The lowest BCUT2D eigenvalue weighted by atomic mass is 9.96. The Morgan fingerprint density at radius 1 is 1.05 bits per heavy atom. The maximum atomic E-state index is 13.5. The third kappa shape index (κ3) is 5.96. The Balaban J connectivity index is 1.18. The predicted molar refractivity (Wildman–Crippen MR) is 166 cm³/mol. The lowest BCUT2D eigenvalue weighted by molar-refractivity contribution is -0.115. The van der Waals surface area contributed by atoms with E-state index < -0.39 is 5.92 Å². The fraction of sp³-hybridized carbons (Fsp3) is 0.242. The van der Waals surface area contributed by atoms with Crippen molar-refractivity contribution in [3.05, 3.63) is 101 Å². The maximum absolute atomic E-state index is 13.5. The Hall–Kier alpha value is -5.09. The van der Waals surface area contributed by atoms with E-state index in [2.05, 4.69) is 25.6 Å². The van der Waals surface area contributed by atoms with E-state index in [4.69, 9.17) is 4.74 Å². The summed E-state index contributed by atoms with van der Waals surface area (Å²) in [5.41, 5.74) is 5.76. The number of carbonyl (C=O) groups excluding carboxylic acids is 3. The minimum absolute atomic E-state index is 0.195. The molecule has 10 heteroatoms. The predicted octanol–water partition coefficient (Wildman–Crippen LogP) is 4.97. The quantitative estimate of drug-likeness (QED) is 0.226. The van der Waals surface area contributed by atoms with Crippen LogP contribution < -0.4 is 15.5 Å². The summed E-state index contributed by atoms with van der Waals surface area (Å²) in [6.07, 6.45) is 1.62. The highest BCUT2D eigenvalue weighted by Gasteiger charge is 2.30. The van der Waals surface area contributed by atoms with Crippen LogP contribution in [0.3, 0.4) is 0 Å². The van der Waals surface area contributed by atoms with E-state index in [0.717, 1.165) is 30.2 Å². The fourth-order valence-electron chi connectivity index (χ4n) is 5.38. The van der Waals surface area contributed by atoms with Crippen molar-refractivity contribution >= 4 is 46.6 Å². The van der Waals surface area contributed by atoms with Gasteiger partial charge in [-0.3, -0.25) is 24.1 Å². The molecule has 0 radical (unpaired) electrons. The lowest BCUT2D eigenvalue weighted by Crippen LogP contribution is -2.36. The number of rotatable bonds is 8. The molecule has 0 aliphatic carbocycles.